The van der Waals surface area contributed by atoms with E-state index in [0.717, 1.165) is 5.56 Å². The van der Waals surface area contributed by atoms with E-state index in [0.29, 0.717) is 29.9 Å². The fraction of sp³-hybridized carbons (Fsp3) is 0.556. The van der Waals surface area contributed by atoms with E-state index in [1.807, 2.05) is 0 Å². The summed E-state index contributed by atoms with van der Waals surface area (Å²) in [6.07, 6.45) is 0.583. The maximum absolute atomic E-state index is 8.58. The van der Waals surface area contributed by atoms with Crippen LogP contribution in [0.2, 0.25) is 5.15 Å². The second kappa shape index (κ2) is 5.12. The van der Waals surface area contributed by atoms with Crippen LogP contribution in [0, 0.1) is 13.8 Å². The molecule has 1 aromatic rings. The first kappa shape index (κ1) is 11.2. The molecular formula is C9H13ClN2O2. The van der Waals surface area contributed by atoms with Crippen LogP contribution >= 0.6 is 11.6 Å². The van der Waals surface area contributed by atoms with Crippen LogP contribution in [0.25, 0.3) is 0 Å². The van der Waals surface area contributed by atoms with E-state index in [-0.39, 0.29) is 6.61 Å². The van der Waals surface area contributed by atoms with Gasteiger partial charge in [-0.15, -0.1) is 0 Å². The highest BCUT2D eigenvalue weighted by Crippen LogP contribution is 2.21. The zero-order chi connectivity index (χ0) is 10.6. The van der Waals surface area contributed by atoms with Crippen molar-refractivity contribution >= 4 is 11.6 Å². The van der Waals surface area contributed by atoms with E-state index < -0.39 is 0 Å². The highest BCUT2D eigenvalue weighted by molar-refractivity contribution is 6.30. The van der Waals surface area contributed by atoms with Crippen LogP contribution in [0.4, 0.5) is 0 Å². The minimum absolute atomic E-state index is 0.108. The lowest BCUT2D eigenvalue weighted by Crippen LogP contribution is -2.04. The van der Waals surface area contributed by atoms with E-state index in [9.17, 15) is 0 Å². The summed E-state index contributed by atoms with van der Waals surface area (Å²) in [5.74, 6) is 1.08. The van der Waals surface area contributed by atoms with Crippen molar-refractivity contribution in [3.8, 4) is 5.88 Å². The van der Waals surface area contributed by atoms with Gasteiger partial charge in [0, 0.05) is 18.6 Å². The van der Waals surface area contributed by atoms with E-state index in [4.69, 9.17) is 21.4 Å². The molecule has 4 nitrogen and oxygen atoms in total. The molecule has 78 valence electrons. The lowest BCUT2D eigenvalue weighted by Gasteiger charge is -2.08. The van der Waals surface area contributed by atoms with Crippen LogP contribution < -0.4 is 4.74 Å². The van der Waals surface area contributed by atoms with Crippen molar-refractivity contribution in [3.63, 3.8) is 0 Å². The van der Waals surface area contributed by atoms with E-state index in [1.165, 1.54) is 0 Å². The number of ether oxygens (including phenoxy) is 1. The Morgan fingerprint density at radius 2 is 2.07 bits per heavy atom. The lowest BCUT2D eigenvalue weighted by atomic mass is 10.3. The average molecular weight is 217 g/mol. The molecule has 0 spiro atoms. The lowest BCUT2D eigenvalue weighted by molar-refractivity contribution is 0.228. The van der Waals surface area contributed by atoms with Crippen molar-refractivity contribution in [2.24, 2.45) is 0 Å². The van der Waals surface area contributed by atoms with Crippen LogP contribution in [-0.2, 0) is 0 Å². The number of aliphatic hydroxyl groups is 1. The van der Waals surface area contributed by atoms with Crippen LogP contribution in [0.1, 0.15) is 17.8 Å². The fourth-order valence-corrected chi connectivity index (χ4v) is 1.15. The Bertz CT molecular complexity index is 318. The number of nitrogens with zero attached hydrogens (tertiary/aromatic N) is 2. The maximum atomic E-state index is 8.58. The van der Waals surface area contributed by atoms with Gasteiger partial charge in [0.25, 0.3) is 0 Å². The molecule has 0 bridgehead atoms. The van der Waals surface area contributed by atoms with Crippen LogP contribution in [-0.4, -0.2) is 28.3 Å². The Kier molecular flexibility index (Phi) is 4.10. The Hall–Kier alpha value is -0.870. The fourth-order valence-electron chi connectivity index (χ4n) is 0.944. The summed E-state index contributed by atoms with van der Waals surface area (Å²) >= 11 is 5.85. The molecule has 0 aromatic carbocycles. The van der Waals surface area contributed by atoms with E-state index in [2.05, 4.69) is 9.97 Å². The number of hydrogen-bond donors (Lipinski definition) is 1. The zero-order valence-electron chi connectivity index (χ0n) is 8.25. The largest absolute Gasteiger partial charge is 0.477 e. The first-order valence-electron chi connectivity index (χ1n) is 4.39. The van der Waals surface area contributed by atoms with Gasteiger partial charge >= 0.3 is 0 Å². The van der Waals surface area contributed by atoms with Crippen LogP contribution in [0.3, 0.4) is 0 Å². The van der Waals surface area contributed by atoms with Gasteiger partial charge in [0.05, 0.1) is 6.61 Å². The molecule has 0 amide bonds. The van der Waals surface area contributed by atoms with Crippen molar-refractivity contribution in [1.82, 2.24) is 9.97 Å². The molecule has 0 aliphatic rings. The number of aromatic nitrogens is 2. The zero-order valence-corrected chi connectivity index (χ0v) is 9.01. The molecule has 0 radical (unpaired) electrons. The Labute approximate surface area is 87.9 Å². The number of aryl methyl sites for hydroxylation is 1. The first-order chi connectivity index (χ1) is 6.65. The first-order valence-corrected chi connectivity index (χ1v) is 4.77. The number of hydrogen-bond acceptors (Lipinski definition) is 4. The summed E-state index contributed by atoms with van der Waals surface area (Å²) in [5, 5.41) is 9.00. The monoisotopic (exact) mass is 216 g/mol. The van der Waals surface area contributed by atoms with Crippen molar-refractivity contribution in [2.45, 2.75) is 20.3 Å². The van der Waals surface area contributed by atoms with E-state index in [1.54, 1.807) is 13.8 Å². The Balaban J connectivity index is 2.75. The third-order valence-corrected chi connectivity index (χ3v) is 2.06. The smallest absolute Gasteiger partial charge is 0.221 e. The SMILES string of the molecule is Cc1nc(Cl)c(C)c(OCCCO)n1. The molecule has 0 fully saturated rings. The Morgan fingerprint density at radius 3 is 2.71 bits per heavy atom. The normalized spacial score (nSPS) is 10.3. The van der Waals surface area contributed by atoms with Gasteiger partial charge in [0.15, 0.2) is 0 Å². The molecule has 0 aliphatic carbocycles. The molecule has 1 aromatic heterocycles. The molecule has 1 rings (SSSR count). The van der Waals surface area contributed by atoms with Gasteiger partial charge in [0.1, 0.15) is 11.0 Å². The molecule has 0 aliphatic heterocycles. The number of rotatable bonds is 4. The molecule has 1 N–H and O–H groups in total. The summed E-state index contributed by atoms with van der Waals surface area (Å²) in [7, 11) is 0. The molecule has 0 unspecified atom stereocenters. The summed E-state index contributed by atoms with van der Waals surface area (Å²) in [6, 6.07) is 0. The van der Waals surface area contributed by atoms with Gasteiger partial charge in [-0.3, -0.25) is 0 Å². The third-order valence-electron chi connectivity index (χ3n) is 1.69. The molecule has 14 heavy (non-hydrogen) atoms. The van der Waals surface area contributed by atoms with E-state index >= 15 is 0 Å². The number of halogens is 1. The number of aliphatic hydroxyl groups excluding tert-OH is 1. The molecule has 5 heteroatoms. The Morgan fingerprint density at radius 1 is 1.36 bits per heavy atom. The third kappa shape index (κ3) is 2.82. The molecule has 1 heterocycles. The van der Waals surface area contributed by atoms with Crippen molar-refractivity contribution in [1.29, 1.82) is 0 Å². The van der Waals surface area contributed by atoms with Crippen molar-refractivity contribution in [3.05, 3.63) is 16.5 Å². The molecule has 0 atom stereocenters. The van der Waals surface area contributed by atoms with Gasteiger partial charge < -0.3 is 9.84 Å². The predicted molar refractivity (Wildman–Crippen MR) is 53.7 cm³/mol. The topological polar surface area (TPSA) is 55.2 Å². The second-order valence-electron chi connectivity index (χ2n) is 2.92. The highest BCUT2D eigenvalue weighted by Gasteiger charge is 2.07. The summed E-state index contributed by atoms with van der Waals surface area (Å²) < 4.78 is 5.34. The van der Waals surface area contributed by atoms with Gasteiger partial charge in [-0.1, -0.05) is 11.6 Å². The summed E-state index contributed by atoms with van der Waals surface area (Å²) in [5.41, 5.74) is 0.732. The van der Waals surface area contributed by atoms with Crippen LogP contribution in [0.5, 0.6) is 5.88 Å². The van der Waals surface area contributed by atoms with Gasteiger partial charge in [0.2, 0.25) is 5.88 Å². The van der Waals surface area contributed by atoms with Crippen LogP contribution in [0.15, 0.2) is 0 Å². The highest BCUT2D eigenvalue weighted by atomic mass is 35.5. The van der Waals surface area contributed by atoms with Gasteiger partial charge in [-0.05, 0) is 13.8 Å². The summed E-state index contributed by atoms with van der Waals surface area (Å²) in [6.45, 7) is 4.10. The maximum Gasteiger partial charge on any atom is 0.221 e. The molecule has 0 saturated heterocycles. The molecule has 0 saturated carbocycles. The predicted octanol–water partition coefficient (Wildman–Crippen LogP) is 1.51. The van der Waals surface area contributed by atoms with Gasteiger partial charge in [-0.2, -0.15) is 4.98 Å². The minimum atomic E-state index is 0.108. The average Bonchev–Trinajstić information content (AvgIpc) is 2.13. The van der Waals surface area contributed by atoms with Crippen molar-refractivity contribution in [2.75, 3.05) is 13.2 Å². The summed E-state index contributed by atoms with van der Waals surface area (Å²) in [4.78, 5) is 8.09. The second-order valence-corrected chi connectivity index (χ2v) is 3.28. The standard InChI is InChI=1S/C9H13ClN2O2/c1-6-8(10)11-7(2)12-9(6)14-5-3-4-13/h13H,3-5H2,1-2H3. The van der Waals surface area contributed by atoms with Crippen molar-refractivity contribution < 1.29 is 9.84 Å². The quantitative estimate of drug-likeness (QED) is 0.612. The van der Waals surface area contributed by atoms with Gasteiger partial charge in [-0.25, -0.2) is 4.98 Å². The molecular weight excluding hydrogens is 204 g/mol. The minimum Gasteiger partial charge on any atom is -0.477 e.